The highest BCUT2D eigenvalue weighted by Crippen LogP contribution is 2.41. The van der Waals surface area contributed by atoms with Gasteiger partial charge in [-0.05, 0) is 82.3 Å². The van der Waals surface area contributed by atoms with E-state index in [1.165, 1.54) is 39.3 Å². The lowest BCUT2D eigenvalue weighted by atomic mass is 9.92. The Balaban J connectivity index is 1.04. The predicted molar refractivity (Wildman–Crippen MR) is 216 cm³/mol. The second kappa shape index (κ2) is 13.5. The van der Waals surface area contributed by atoms with Gasteiger partial charge in [-0.15, -0.1) is 0 Å². The smallest absolute Gasteiger partial charge is 0.159 e. The van der Waals surface area contributed by atoms with Crippen LogP contribution < -0.4 is 15.5 Å². The lowest BCUT2D eigenvalue weighted by Gasteiger charge is -2.24. The third-order valence-electron chi connectivity index (χ3n) is 9.83. The van der Waals surface area contributed by atoms with E-state index in [-0.39, 0.29) is 12.3 Å². The van der Waals surface area contributed by atoms with E-state index in [1.54, 1.807) is 0 Å². The van der Waals surface area contributed by atoms with Crippen molar-refractivity contribution in [3.63, 3.8) is 0 Å². The molecule has 2 heterocycles. The Hall–Kier alpha value is -6.72. The average molecular weight is 672 g/mol. The molecule has 0 radical (unpaired) electrons. The third kappa shape index (κ3) is 6.03. The van der Waals surface area contributed by atoms with E-state index in [0.29, 0.717) is 5.84 Å². The number of amidine groups is 2. The van der Waals surface area contributed by atoms with Gasteiger partial charge in [-0.2, -0.15) is 0 Å². The minimum absolute atomic E-state index is 0.182. The van der Waals surface area contributed by atoms with Gasteiger partial charge in [-0.25, -0.2) is 9.98 Å². The Bertz CT molecular complexity index is 2430. The summed E-state index contributed by atoms with van der Waals surface area (Å²) in [6.07, 6.45) is -0.0608. The van der Waals surface area contributed by atoms with Crippen molar-refractivity contribution in [3.05, 3.63) is 199 Å². The van der Waals surface area contributed by atoms with Gasteiger partial charge >= 0.3 is 0 Å². The zero-order valence-electron chi connectivity index (χ0n) is 28.8. The number of nitrogens with zero attached hydrogens (tertiary/aromatic N) is 3. The van der Waals surface area contributed by atoms with Crippen LogP contribution in [0.25, 0.3) is 33.4 Å². The van der Waals surface area contributed by atoms with Crippen LogP contribution in [0.5, 0.6) is 0 Å². The summed E-state index contributed by atoms with van der Waals surface area (Å²) < 4.78 is 0. The highest BCUT2D eigenvalue weighted by molar-refractivity contribution is 6.13. The second-order valence-corrected chi connectivity index (χ2v) is 13.2. The molecule has 0 saturated heterocycles. The van der Waals surface area contributed by atoms with Gasteiger partial charge in [-0.3, -0.25) is 0 Å². The van der Waals surface area contributed by atoms with Gasteiger partial charge in [0.25, 0.3) is 0 Å². The highest BCUT2D eigenvalue weighted by Gasteiger charge is 2.26. The number of aliphatic imine (C=N–C) groups is 2. The molecule has 0 saturated carbocycles. The van der Waals surface area contributed by atoms with E-state index in [0.717, 1.165) is 33.7 Å². The van der Waals surface area contributed by atoms with Gasteiger partial charge in [0.05, 0.1) is 11.4 Å². The molecule has 0 fully saturated rings. The molecule has 0 spiro atoms. The van der Waals surface area contributed by atoms with Crippen molar-refractivity contribution >= 4 is 28.7 Å². The Morgan fingerprint density at radius 2 is 1.06 bits per heavy atom. The van der Waals surface area contributed by atoms with Crippen molar-refractivity contribution in [3.8, 4) is 33.4 Å². The SMILES string of the molecule is CC1Nc2ccccc2N1c1ccc(-c2ccccc2-c2cccc(-c3cccc(C4=NC(c5ccccc5)NC(c5ccccc5)=N4)c3)c2)cc1. The minimum atomic E-state index is -0.243. The molecule has 5 heteroatoms. The molecule has 2 unspecified atom stereocenters. The summed E-state index contributed by atoms with van der Waals surface area (Å²) in [5.41, 5.74) is 13.6. The zero-order valence-corrected chi connectivity index (χ0v) is 28.8. The number of benzene rings is 7. The number of para-hydroxylation sites is 2. The number of hydrogen-bond acceptors (Lipinski definition) is 5. The first kappa shape index (κ1) is 31.3. The van der Waals surface area contributed by atoms with E-state index in [4.69, 9.17) is 9.98 Å². The number of anilines is 3. The summed E-state index contributed by atoms with van der Waals surface area (Å²) in [7, 11) is 0. The van der Waals surface area contributed by atoms with Crippen molar-refractivity contribution in [2.24, 2.45) is 9.98 Å². The normalized spacial score (nSPS) is 16.3. The van der Waals surface area contributed by atoms with Crippen LogP contribution in [-0.4, -0.2) is 17.8 Å². The maximum Gasteiger partial charge on any atom is 0.159 e. The Kier molecular flexibility index (Phi) is 8.14. The van der Waals surface area contributed by atoms with Crippen LogP contribution in [0.2, 0.25) is 0 Å². The molecule has 0 aliphatic carbocycles. The molecule has 9 rings (SSSR count). The van der Waals surface area contributed by atoms with Gasteiger partial charge in [0.2, 0.25) is 0 Å². The number of nitrogens with one attached hydrogen (secondary N) is 2. The van der Waals surface area contributed by atoms with E-state index in [1.807, 2.05) is 36.4 Å². The number of fused-ring (bicyclic) bond motifs is 1. The summed E-state index contributed by atoms with van der Waals surface area (Å²) in [6.45, 7) is 2.20. The van der Waals surface area contributed by atoms with Gasteiger partial charge < -0.3 is 15.5 Å². The molecule has 2 atom stereocenters. The first-order valence-corrected chi connectivity index (χ1v) is 17.8. The van der Waals surface area contributed by atoms with Gasteiger partial charge in [0, 0.05) is 16.8 Å². The molecule has 5 nitrogen and oxygen atoms in total. The fourth-order valence-electron chi connectivity index (χ4n) is 7.29. The number of rotatable bonds is 7. The van der Waals surface area contributed by atoms with Crippen molar-refractivity contribution in [1.82, 2.24) is 5.32 Å². The summed E-state index contributed by atoms with van der Waals surface area (Å²) in [6, 6.07) is 64.1. The first-order valence-electron chi connectivity index (χ1n) is 17.8. The molecule has 52 heavy (non-hydrogen) atoms. The van der Waals surface area contributed by atoms with E-state index in [2.05, 4.69) is 168 Å². The lowest BCUT2D eigenvalue weighted by Crippen LogP contribution is -2.33. The highest BCUT2D eigenvalue weighted by atomic mass is 15.3. The molecule has 2 N–H and O–H groups in total. The lowest BCUT2D eigenvalue weighted by molar-refractivity contribution is 0.674. The zero-order chi connectivity index (χ0) is 34.9. The summed E-state index contributed by atoms with van der Waals surface area (Å²) in [5, 5.41) is 7.15. The summed E-state index contributed by atoms with van der Waals surface area (Å²) in [5.74, 6) is 1.52. The Morgan fingerprint density at radius 3 is 1.81 bits per heavy atom. The summed E-state index contributed by atoms with van der Waals surface area (Å²) >= 11 is 0. The van der Waals surface area contributed by atoms with Gasteiger partial charge in [-0.1, -0.05) is 146 Å². The maximum atomic E-state index is 5.10. The molecule has 2 aliphatic rings. The van der Waals surface area contributed by atoms with Crippen LogP contribution in [0.4, 0.5) is 17.1 Å². The third-order valence-corrected chi connectivity index (χ3v) is 9.83. The molecule has 0 bridgehead atoms. The van der Waals surface area contributed by atoms with Crippen LogP contribution in [-0.2, 0) is 0 Å². The number of hydrogen-bond donors (Lipinski definition) is 2. The molecule has 0 amide bonds. The van der Waals surface area contributed by atoms with E-state index < -0.39 is 0 Å². The van der Waals surface area contributed by atoms with Crippen LogP contribution in [0, 0.1) is 0 Å². The fraction of sp³-hybridized carbons (Fsp3) is 0.0638. The Morgan fingerprint density at radius 1 is 0.481 bits per heavy atom. The van der Waals surface area contributed by atoms with E-state index in [9.17, 15) is 0 Å². The van der Waals surface area contributed by atoms with Crippen molar-refractivity contribution < 1.29 is 0 Å². The average Bonchev–Trinajstić information content (AvgIpc) is 3.57. The molecule has 250 valence electrons. The minimum Gasteiger partial charge on any atom is -0.363 e. The quantitative estimate of drug-likeness (QED) is 0.177. The standard InChI is InChI=1S/C47H37N5/c1-32-48-43-24-10-11-25-44(43)52(32)40-28-26-33(27-29-40)41-22-8-9-23-42(41)38-20-12-18-36(30-38)37-19-13-21-39(31-37)47-50-45(34-14-4-2-5-15-34)49-46(51-47)35-16-6-3-7-17-35/h2-32,45,48H,1H3,(H,49,50,51). The molecule has 0 aromatic heterocycles. The molecule has 7 aromatic carbocycles. The molecular weight excluding hydrogens is 635 g/mol. The Labute approximate surface area is 304 Å². The van der Waals surface area contributed by atoms with E-state index >= 15 is 0 Å². The molecular formula is C47H37N5. The van der Waals surface area contributed by atoms with Crippen LogP contribution in [0.3, 0.4) is 0 Å². The van der Waals surface area contributed by atoms with Gasteiger partial charge in [0.15, 0.2) is 5.84 Å². The van der Waals surface area contributed by atoms with Crippen molar-refractivity contribution in [1.29, 1.82) is 0 Å². The maximum absolute atomic E-state index is 5.10. The molecule has 2 aliphatic heterocycles. The monoisotopic (exact) mass is 671 g/mol. The predicted octanol–water partition coefficient (Wildman–Crippen LogP) is 11.1. The molecule has 7 aromatic rings. The van der Waals surface area contributed by atoms with Crippen molar-refractivity contribution in [2.45, 2.75) is 19.3 Å². The van der Waals surface area contributed by atoms with Gasteiger partial charge in [0.1, 0.15) is 18.2 Å². The first-order chi connectivity index (χ1) is 25.7. The van der Waals surface area contributed by atoms with Crippen molar-refractivity contribution in [2.75, 3.05) is 10.2 Å². The fourth-order valence-corrected chi connectivity index (χ4v) is 7.29. The van der Waals surface area contributed by atoms with Crippen LogP contribution in [0.15, 0.2) is 192 Å². The second-order valence-electron chi connectivity index (χ2n) is 13.2. The van der Waals surface area contributed by atoms with Crippen LogP contribution in [0.1, 0.15) is 29.8 Å². The topological polar surface area (TPSA) is 52.0 Å². The largest absolute Gasteiger partial charge is 0.363 e. The summed E-state index contributed by atoms with van der Waals surface area (Å²) in [4.78, 5) is 12.5. The van der Waals surface area contributed by atoms with Crippen LogP contribution >= 0.6 is 0 Å².